The second kappa shape index (κ2) is 5.17. The lowest BCUT2D eigenvalue weighted by atomic mass is 9.95. The third-order valence-corrected chi connectivity index (χ3v) is 3.92. The quantitative estimate of drug-likeness (QED) is 0.827. The first kappa shape index (κ1) is 13.6. The number of rotatable bonds is 1. The summed E-state index contributed by atoms with van der Waals surface area (Å²) >= 11 is 11.8. The van der Waals surface area contributed by atoms with Gasteiger partial charge in [-0.1, -0.05) is 29.3 Å². The van der Waals surface area contributed by atoms with Gasteiger partial charge in [-0.05, 0) is 35.9 Å². The van der Waals surface area contributed by atoms with Gasteiger partial charge in [-0.2, -0.15) is 0 Å². The Morgan fingerprint density at radius 2 is 1.90 bits per heavy atom. The lowest BCUT2D eigenvalue weighted by molar-refractivity contribution is 0.0657. The molecule has 0 bridgehead atoms. The molecule has 3 nitrogen and oxygen atoms in total. The normalized spacial score (nSPS) is 21.1. The van der Waals surface area contributed by atoms with Gasteiger partial charge >= 0.3 is 0 Å². The Labute approximate surface area is 126 Å². The highest BCUT2D eigenvalue weighted by molar-refractivity contribution is 6.32. The Bertz CT molecular complexity index is 658. The van der Waals surface area contributed by atoms with Crippen LogP contribution in [-0.2, 0) is 0 Å². The van der Waals surface area contributed by atoms with Crippen LogP contribution in [0.4, 0.5) is 0 Å². The highest BCUT2D eigenvalue weighted by Gasteiger charge is 2.28. The van der Waals surface area contributed by atoms with E-state index in [1.165, 1.54) is 6.07 Å². The third-order valence-electron chi connectivity index (χ3n) is 3.38. The molecule has 1 aliphatic heterocycles. The molecule has 0 amide bonds. The zero-order chi connectivity index (χ0) is 14.3. The van der Waals surface area contributed by atoms with Gasteiger partial charge in [0.1, 0.15) is 17.6 Å². The molecule has 0 aliphatic carbocycles. The Morgan fingerprint density at radius 3 is 2.65 bits per heavy atom. The number of aliphatic hydroxyl groups excluding tert-OH is 1. The van der Waals surface area contributed by atoms with E-state index in [4.69, 9.17) is 27.9 Å². The zero-order valence-electron chi connectivity index (χ0n) is 10.4. The monoisotopic (exact) mass is 310 g/mol. The number of aromatic hydroxyl groups is 1. The van der Waals surface area contributed by atoms with Gasteiger partial charge in [0.25, 0.3) is 0 Å². The fourth-order valence-corrected chi connectivity index (χ4v) is 2.72. The standard InChI is InChI=1S/C15H12Cl2O3/c16-9-2-4-14-10(6-9)13(19)7-15(20-14)8-1-3-12(18)11(17)5-8/h1-6,13,15,18-19H,7H2/t13-,15?/m1/s1. The molecule has 5 heteroatoms. The zero-order valence-corrected chi connectivity index (χ0v) is 11.9. The van der Waals surface area contributed by atoms with Crippen LogP contribution in [0.1, 0.15) is 29.8 Å². The molecule has 2 N–H and O–H groups in total. The molecule has 2 atom stereocenters. The summed E-state index contributed by atoms with van der Waals surface area (Å²) in [5, 5.41) is 20.5. The van der Waals surface area contributed by atoms with Gasteiger partial charge in [-0.15, -0.1) is 0 Å². The van der Waals surface area contributed by atoms with Crippen LogP contribution in [0, 0.1) is 0 Å². The molecule has 0 radical (unpaired) electrons. The fourth-order valence-electron chi connectivity index (χ4n) is 2.35. The number of hydrogen-bond donors (Lipinski definition) is 2. The lowest BCUT2D eigenvalue weighted by Gasteiger charge is -2.30. The van der Waals surface area contributed by atoms with Crippen molar-refractivity contribution >= 4 is 23.2 Å². The first-order valence-electron chi connectivity index (χ1n) is 6.17. The minimum Gasteiger partial charge on any atom is -0.506 e. The molecule has 1 heterocycles. The highest BCUT2D eigenvalue weighted by atomic mass is 35.5. The first-order chi connectivity index (χ1) is 9.54. The van der Waals surface area contributed by atoms with Crippen molar-refractivity contribution in [2.24, 2.45) is 0 Å². The number of hydrogen-bond acceptors (Lipinski definition) is 3. The number of phenolic OH excluding ortho intramolecular Hbond substituents is 1. The van der Waals surface area contributed by atoms with E-state index in [-0.39, 0.29) is 16.9 Å². The van der Waals surface area contributed by atoms with Crippen LogP contribution >= 0.6 is 23.2 Å². The molecule has 2 aromatic rings. The second-order valence-corrected chi connectivity index (χ2v) is 5.59. The van der Waals surface area contributed by atoms with Gasteiger partial charge < -0.3 is 14.9 Å². The van der Waals surface area contributed by atoms with Gasteiger partial charge in [-0.25, -0.2) is 0 Å². The maximum absolute atomic E-state index is 10.2. The Morgan fingerprint density at radius 1 is 1.10 bits per heavy atom. The Hall–Kier alpha value is -1.42. The van der Waals surface area contributed by atoms with Gasteiger partial charge in [0.05, 0.1) is 11.1 Å². The summed E-state index contributed by atoms with van der Waals surface area (Å²) in [6.07, 6.45) is -0.541. The minimum atomic E-state index is -0.643. The minimum absolute atomic E-state index is 0.0268. The SMILES string of the molecule is Oc1ccc(C2C[C@@H](O)c3cc(Cl)ccc3O2)cc1Cl. The molecule has 0 fully saturated rings. The average molecular weight is 311 g/mol. The summed E-state index contributed by atoms with van der Waals surface area (Å²) in [7, 11) is 0. The second-order valence-electron chi connectivity index (χ2n) is 4.75. The smallest absolute Gasteiger partial charge is 0.134 e. The number of fused-ring (bicyclic) bond motifs is 1. The topological polar surface area (TPSA) is 49.7 Å². The van der Waals surface area contributed by atoms with Crippen LogP contribution in [0.3, 0.4) is 0 Å². The van der Waals surface area contributed by atoms with Crippen LogP contribution in [0.2, 0.25) is 10.0 Å². The van der Waals surface area contributed by atoms with Crippen LogP contribution in [0.25, 0.3) is 0 Å². The van der Waals surface area contributed by atoms with Crippen molar-refractivity contribution in [3.63, 3.8) is 0 Å². The molecule has 0 spiro atoms. The molecule has 3 rings (SSSR count). The van der Waals surface area contributed by atoms with Crippen molar-refractivity contribution < 1.29 is 14.9 Å². The van der Waals surface area contributed by atoms with Gasteiger partial charge in [-0.3, -0.25) is 0 Å². The number of phenols is 1. The molecular weight excluding hydrogens is 299 g/mol. The molecule has 2 aromatic carbocycles. The van der Waals surface area contributed by atoms with Crippen molar-refractivity contribution in [1.29, 1.82) is 0 Å². The molecule has 0 aromatic heterocycles. The number of aliphatic hydroxyl groups is 1. The highest BCUT2D eigenvalue weighted by Crippen LogP contribution is 2.42. The Kier molecular flexibility index (Phi) is 3.50. The molecule has 0 saturated heterocycles. The van der Waals surface area contributed by atoms with Crippen LogP contribution < -0.4 is 4.74 Å². The van der Waals surface area contributed by atoms with E-state index in [0.717, 1.165) is 5.56 Å². The molecule has 104 valence electrons. The van der Waals surface area contributed by atoms with E-state index in [0.29, 0.717) is 22.8 Å². The summed E-state index contributed by atoms with van der Waals surface area (Å²) in [4.78, 5) is 0. The molecule has 20 heavy (non-hydrogen) atoms. The van der Waals surface area contributed by atoms with Crippen molar-refractivity contribution in [1.82, 2.24) is 0 Å². The third kappa shape index (κ3) is 2.44. The van der Waals surface area contributed by atoms with Gasteiger partial charge in [0.2, 0.25) is 0 Å². The van der Waals surface area contributed by atoms with E-state index < -0.39 is 6.10 Å². The maximum Gasteiger partial charge on any atom is 0.134 e. The van der Waals surface area contributed by atoms with E-state index >= 15 is 0 Å². The van der Waals surface area contributed by atoms with E-state index in [1.54, 1.807) is 30.3 Å². The van der Waals surface area contributed by atoms with Crippen LogP contribution in [-0.4, -0.2) is 10.2 Å². The fraction of sp³-hybridized carbons (Fsp3) is 0.200. The molecular formula is C15H12Cl2O3. The molecule has 1 unspecified atom stereocenters. The Balaban J connectivity index is 1.94. The van der Waals surface area contributed by atoms with E-state index in [1.807, 2.05) is 0 Å². The van der Waals surface area contributed by atoms with Crippen molar-refractivity contribution in [2.75, 3.05) is 0 Å². The van der Waals surface area contributed by atoms with E-state index in [2.05, 4.69) is 0 Å². The summed E-state index contributed by atoms with van der Waals surface area (Å²) in [6.45, 7) is 0. The summed E-state index contributed by atoms with van der Waals surface area (Å²) < 4.78 is 5.88. The number of halogens is 2. The van der Waals surface area contributed by atoms with Crippen molar-refractivity contribution in [2.45, 2.75) is 18.6 Å². The summed E-state index contributed by atoms with van der Waals surface area (Å²) in [6, 6.07) is 10.1. The van der Waals surface area contributed by atoms with Crippen LogP contribution in [0.5, 0.6) is 11.5 Å². The largest absolute Gasteiger partial charge is 0.506 e. The lowest BCUT2D eigenvalue weighted by Crippen LogP contribution is -2.19. The molecule has 1 aliphatic rings. The first-order valence-corrected chi connectivity index (χ1v) is 6.93. The average Bonchev–Trinajstić information content (AvgIpc) is 2.42. The maximum atomic E-state index is 10.2. The van der Waals surface area contributed by atoms with Crippen molar-refractivity contribution in [3.8, 4) is 11.5 Å². The van der Waals surface area contributed by atoms with E-state index in [9.17, 15) is 10.2 Å². The van der Waals surface area contributed by atoms with Gasteiger partial charge in [0, 0.05) is 17.0 Å². The van der Waals surface area contributed by atoms with Crippen LogP contribution in [0.15, 0.2) is 36.4 Å². The predicted octanol–water partition coefficient (Wildman–Crippen LogP) is 4.26. The van der Waals surface area contributed by atoms with Crippen molar-refractivity contribution in [3.05, 3.63) is 57.6 Å². The number of benzene rings is 2. The van der Waals surface area contributed by atoms with Gasteiger partial charge in [0.15, 0.2) is 0 Å². The summed E-state index contributed by atoms with van der Waals surface area (Å²) in [5.74, 6) is 0.640. The molecule has 0 saturated carbocycles. The predicted molar refractivity (Wildman–Crippen MR) is 77.5 cm³/mol. The number of ether oxygens (including phenoxy) is 1. The summed E-state index contributed by atoms with van der Waals surface area (Å²) in [5.41, 5.74) is 1.51.